The van der Waals surface area contributed by atoms with Crippen molar-refractivity contribution in [3.8, 4) is 0 Å². The van der Waals surface area contributed by atoms with E-state index in [0.29, 0.717) is 5.69 Å². The maximum absolute atomic E-state index is 13.5. The van der Waals surface area contributed by atoms with Crippen LogP contribution < -0.4 is 15.4 Å². The number of hydrogen-bond acceptors (Lipinski definition) is 4. The van der Waals surface area contributed by atoms with Gasteiger partial charge in [-0.2, -0.15) is 0 Å². The maximum Gasteiger partial charge on any atom is 0.241 e. The number of benzene rings is 1. The maximum atomic E-state index is 13.5. The van der Waals surface area contributed by atoms with Gasteiger partial charge in [-0.15, -0.1) is 12.4 Å². The molecule has 2 rings (SSSR count). The normalized spacial score (nSPS) is 18.2. The van der Waals surface area contributed by atoms with Crippen LogP contribution in [0.5, 0.6) is 0 Å². The lowest BCUT2D eigenvalue weighted by Crippen LogP contribution is -2.43. The molecular weight excluding hydrogens is 333 g/mol. The van der Waals surface area contributed by atoms with E-state index in [9.17, 15) is 17.6 Å². The minimum absolute atomic E-state index is 0. The number of amides is 1. The van der Waals surface area contributed by atoms with Crippen LogP contribution in [-0.2, 0) is 14.8 Å². The molecule has 22 heavy (non-hydrogen) atoms. The third-order valence-electron chi connectivity index (χ3n) is 3.16. The van der Waals surface area contributed by atoms with E-state index in [1.54, 1.807) is 0 Å². The Kier molecular flexibility index (Phi) is 6.58. The van der Waals surface area contributed by atoms with Crippen LogP contribution in [0.1, 0.15) is 19.3 Å². The Bertz CT molecular complexity index is 633. The molecule has 0 unspecified atom stereocenters. The zero-order chi connectivity index (χ0) is 15.5. The van der Waals surface area contributed by atoms with Gasteiger partial charge in [-0.3, -0.25) is 9.52 Å². The highest BCUT2D eigenvalue weighted by Crippen LogP contribution is 2.21. The molecule has 0 aliphatic carbocycles. The number of halogens is 2. The lowest BCUT2D eigenvalue weighted by molar-refractivity contribution is -0.118. The van der Waals surface area contributed by atoms with Gasteiger partial charge in [0.2, 0.25) is 15.9 Å². The summed E-state index contributed by atoms with van der Waals surface area (Å²) in [4.78, 5) is 12.0. The standard InChI is InChI=1S/C13H18FN3O3S.ClH/c1-21(19,20)17-12-8-9(5-6-10(12)14)16-13(18)11-4-2-3-7-15-11;/h5-6,8,11,15,17H,2-4,7H2,1H3,(H,16,18);1H/t11-;/m0./s1. The lowest BCUT2D eigenvalue weighted by atomic mass is 10.0. The van der Waals surface area contributed by atoms with E-state index < -0.39 is 15.8 Å². The van der Waals surface area contributed by atoms with Crippen LogP contribution in [0, 0.1) is 5.82 Å². The molecule has 1 saturated heterocycles. The first-order chi connectivity index (χ1) is 9.85. The average Bonchev–Trinajstić information content (AvgIpc) is 2.42. The molecule has 124 valence electrons. The van der Waals surface area contributed by atoms with Gasteiger partial charge in [0, 0.05) is 5.69 Å². The SMILES string of the molecule is CS(=O)(=O)Nc1cc(NC(=O)[C@@H]2CCCCN2)ccc1F.Cl. The van der Waals surface area contributed by atoms with Crippen LogP contribution >= 0.6 is 12.4 Å². The predicted molar refractivity (Wildman–Crippen MR) is 86.4 cm³/mol. The predicted octanol–water partition coefficient (Wildman–Crippen LogP) is 1.70. The molecule has 6 nitrogen and oxygen atoms in total. The second-order valence-corrected chi connectivity index (χ2v) is 6.81. The second-order valence-electron chi connectivity index (χ2n) is 5.06. The largest absolute Gasteiger partial charge is 0.325 e. The number of sulfonamides is 1. The quantitative estimate of drug-likeness (QED) is 0.770. The van der Waals surface area contributed by atoms with Crippen LogP contribution in [0.3, 0.4) is 0 Å². The summed E-state index contributed by atoms with van der Waals surface area (Å²) in [6.45, 7) is 0.794. The van der Waals surface area contributed by atoms with Crippen molar-refractivity contribution >= 4 is 39.7 Å². The molecule has 0 aromatic heterocycles. The highest BCUT2D eigenvalue weighted by molar-refractivity contribution is 7.92. The summed E-state index contributed by atoms with van der Waals surface area (Å²) in [6, 6.07) is 3.49. The first-order valence-corrected chi connectivity index (χ1v) is 8.56. The monoisotopic (exact) mass is 351 g/mol. The van der Waals surface area contributed by atoms with Gasteiger partial charge in [-0.1, -0.05) is 6.42 Å². The highest BCUT2D eigenvalue weighted by Gasteiger charge is 2.20. The summed E-state index contributed by atoms with van der Waals surface area (Å²) in [5, 5.41) is 5.77. The van der Waals surface area contributed by atoms with E-state index in [2.05, 4.69) is 15.4 Å². The molecular formula is C13H19ClFN3O3S. The molecule has 1 aromatic rings. The Hall–Kier alpha value is -1.38. The Morgan fingerprint density at radius 2 is 2.09 bits per heavy atom. The molecule has 1 atom stereocenters. The van der Waals surface area contributed by atoms with Crippen molar-refractivity contribution in [2.24, 2.45) is 0 Å². The molecule has 1 aliphatic heterocycles. The third-order valence-corrected chi connectivity index (χ3v) is 3.75. The molecule has 0 bridgehead atoms. The fraction of sp³-hybridized carbons (Fsp3) is 0.462. The fourth-order valence-corrected chi connectivity index (χ4v) is 2.74. The lowest BCUT2D eigenvalue weighted by Gasteiger charge is -2.22. The summed E-state index contributed by atoms with van der Waals surface area (Å²) in [5.41, 5.74) is 0.159. The van der Waals surface area contributed by atoms with E-state index in [0.717, 1.165) is 38.1 Å². The van der Waals surface area contributed by atoms with Crippen molar-refractivity contribution < 1.29 is 17.6 Å². The molecule has 1 fully saturated rings. The van der Waals surface area contributed by atoms with Crippen LogP contribution in [0.4, 0.5) is 15.8 Å². The minimum Gasteiger partial charge on any atom is -0.325 e. The van der Waals surface area contributed by atoms with Crippen molar-refractivity contribution in [1.82, 2.24) is 5.32 Å². The molecule has 0 saturated carbocycles. The number of carbonyl (C=O) groups is 1. The third kappa shape index (κ3) is 5.43. The number of piperidine rings is 1. The van der Waals surface area contributed by atoms with E-state index in [1.165, 1.54) is 12.1 Å². The Morgan fingerprint density at radius 3 is 2.68 bits per heavy atom. The topological polar surface area (TPSA) is 87.3 Å². The smallest absolute Gasteiger partial charge is 0.241 e. The van der Waals surface area contributed by atoms with Gasteiger partial charge in [0.05, 0.1) is 18.0 Å². The molecule has 1 heterocycles. The van der Waals surface area contributed by atoms with Crippen molar-refractivity contribution in [3.05, 3.63) is 24.0 Å². The Balaban J connectivity index is 0.00000242. The molecule has 1 amide bonds. The summed E-state index contributed by atoms with van der Waals surface area (Å²) in [6.07, 6.45) is 3.71. The minimum atomic E-state index is -3.58. The molecule has 0 radical (unpaired) electrons. The average molecular weight is 352 g/mol. The summed E-state index contributed by atoms with van der Waals surface area (Å²) < 4.78 is 37.9. The number of nitrogens with one attached hydrogen (secondary N) is 3. The first-order valence-electron chi connectivity index (χ1n) is 6.67. The molecule has 1 aromatic carbocycles. The highest BCUT2D eigenvalue weighted by atomic mass is 35.5. The van der Waals surface area contributed by atoms with Gasteiger partial charge >= 0.3 is 0 Å². The summed E-state index contributed by atoms with van der Waals surface area (Å²) in [7, 11) is -3.58. The molecule has 3 N–H and O–H groups in total. The zero-order valence-electron chi connectivity index (χ0n) is 12.1. The van der Waals surface area contributed by atoms with Gasteiger partial charge in [0.15, 0.2) is 0 Å². The van der Waals surface area contributed by atoms with Crippen molar-refractivity contribution in [2.75, 3.05) is 22.8 Å². The Morgan fingerprint density at radius 1 is 1.36 bits per heavy atom. The first kappa shape index (κ1) is 18.7. The van der Waals surface area contributed by atoms with E-state index in [1.807, 2.05) is 0 Å². The van der Waals surface area contributed by atoms with Gasteiger partial charge in [0.1, 0.15) is 5.82 Å². The van der Waals surface area contributed by atoms with Gasteiger partial charge < -0.3 is 10.6 Å². The van der Waals surface area contributed by atoms with E-state index in [-0.39, 0.29) is 30.0 Å². The number of rotatable bonds is 4. The van der Waals surface area contributed by atoms with Crippen LogP contribution in [0.2, 0.25) is 0 Å². The van der Waals surface area contributed by atoms with E-state index >= 15 is 0 Å². The van der Waals surface area contributed by atoms with Crippen molar-refractivity contribution in [2.45, 2.75) is 25.3 Å². The van der Waals surface area contributed by atoms with Crippen LogP contribution in [0.15, 0.2) is 18.2 Å². The molecule has 1 aliphatic rings. The molecule has 9 heteroatoms. The Labute approximate surface area is 135 Å². The van der Waals surface area contributed by atoms with Crippen molar-refractivity contribution in [3.63, 3.8) is 0 Å². The summed E-state index contributed by atoms with van der Waals surface area (Å²) in [5.74, 6) is -0.902. The van der Waals surface area contributed by atoms with Crippen molar-refractivity contribution in [1.29, 1.82) is 0 Å². The summed E-state index contributed by atoms with van der Waals surface area (Å²) >= 11 is 0. The van der Waals surface area contributed by atoms with Gasteiger partial charge in [-0.25, -0.2) is 12.8 Å². The van der Waals surface area contributed by atoms with Crippen LogP contribution in [0.25, 0.3) is 0 Å². The second kappa shape index (κ2) is 7.75. The number of carbonyl (C=O) groups excluding carboxylic acids is 1. The fourth-order valence-electron chi connectivity index (χ4n) is 2.19. The molecule has 0 spiro atoms. The number of hydrogen-bond donors (Lipinski definition) is 3. The zero-order valence-corrected chi connectivity index (χ0v) is 13.7. The van der Waals surface area contributed by atoms with E-state index in [4.69, 9.17) is 0 Å². The van der Waals surface area contributed by atoms with Gasteiger partial charge in [-0.05, 0) is 37.6 Å². The van der Waals surface area contributed by atoms with Crippen LogP contribution in [-0.4, -0.2) is 33.2 Å². The van der Waals surface area contributed by atoms with Gasteiger partial charge in [0.25, 0.3) is 0 Å². The number of anilines is 2.